The molecule has 2 heterocycles. The molecule has 0 unspecified atom stereocenters. The van der Waals surface area contributed by atoms with Crippen LogP contribution in [-0.2, 0) is 11.4 Å². The smallest absolute Gasteiger partial charge is 0.281 e. The number of benzene rings is 5. The summed E-state index contributed by atoms with van der Waals surface area (Å²) in [4.78, 5) is 13.9. The van der Waals surface area contributed by atoms with Crippen LogP contribution in [0.15, 0.2) is 156 Å². The van der Waals surface area contributed by atoms with Crippen LogP contribution >= 0.6 is 0 Å². The number of hydrogen-bond donors (Lipinski definition) is 0. The van der Waals surface area contributed by atoms with Crippen LogP contribution in [-0.4, -0.2) is 21.4 Å². The molecule has 0 fully saturated rings. The fourth-order valence-corrected chi connectivity index (χ4v) is 5.17. The zero-order chi connectivity index (χ0) is 30.6. The summed E-state index contributed by atoms with van der Waals surface area (Å²) in [5.41, 5.74) is 6.20. The highest BCUT2D eigenvalue weighted by Crippen LogP contribution is 2.32. The highest BCUT2D eigenvalue weighted by molar-refractivity contribution is 6.37. The third-order valence-corrected chi connectivity index (χ3v) is 7.47. The topological polar surface area (TPSA) is 59.7 Å². The molecule has 1 aliphatic heterocycles. The second kappa shape index (κ2) is 12.3. The van der Waals surface area contributed by atoms with Crippen LogP contribution in [0.3, 0.4) is 0 Å². The lowest BCUT2D eigenvalue weighted by molar-refractivity contribution is -0.114. The van der Waals surface area contributed by atoms with E-state index >= 15 is 0 Å². The lowest BCUT2D eigenvalue weighted by Crippen LogP contribution is -2.21. The van der Waals surface area contributed by atoms with Crippen LogP contribution in [0.2, 0.25) is 0 Å². The lowest BCUT2D eigenvalue weighted by atomic mass is 9.99. The van der Waals surface area contributed by atoms with E-state index in [-0.39, 0.29) is 18.3 Å². The molecule has 45 heavy (non-hydrogen) atoms. The number of hydrazone groups is 1. The molecule has 0 radical (unpaired) electrons. The van der Waals surface area contributed by atoms with Crippen LogP contribution < -0.4 is 9.75 Å². The van der Waals surface area contributed by atoms with Gasteiger partial charge in [-0.25, -0.2) is 9.07 Å². The van der Waals surface area contributed by atoms with E-state index in [1.165, 1.54) is 11.1 Å². The van der Waals surface area contributed by atoms with Crippen LogP contribution in [0.5, 0.6) is 5.75 Å². The van der Waals surface area contributed by atoms with E-state index in [0.29, 0.717) is 34.0 Å². The zero-order valence-corrected chi connectivity index (χ0v) is 24.1. The van der Waals surface area contributed by atoms with E-state index in [1.807, 2.05) is 128 Å². The highest BCUT2D eigenvalue weighted by Gasteiger charge is 2.32. The van der Waals surface area contributed by atoms with Gasteiger partial charge in [-0.2, -0.15) is 15.2 Å². The van der Waals surface area contributed by atoms with Crippen LogP contribution in [0.25, 0.3) is 23.0 Å². The molecule has 1 amide bonds. The third-order valence-electron chi connectivity index (χ3n) is 7.47. The number of nitrogens with zero attached hydrogens (tertiary/aromatic N) is 4. The Morgan fingerprint density at radius 2 is 1.31 bits per heavy atom. The molecular formula is C38H27FN4O2. The Morgan fingerprint density at radius 3 is 2.00 bits per heavy atom. The number of hydrogen-bond acceptors (Lipinski definition) is 4. The summed E-state index contributed by atoms with van der Waals surface area (Å²) in [7, 11) is 0. The van der Waals surface area contributed by atoms with Crippen molar-refractivity contribution in [3.05, 3.63) is 174 Å². The first kappa shape index (κ1) is 27.7. The van der Waals surface area contributed by atoms with Gasteiger partial charge in [0, 0.05) is 28.5 Å². The number of carbonyl (C=O) groups is 1. The van der Waals surface area contributed by atoms with Crippen molar-refractivity contribution in [1.29, 1.82) is 0 Å². The second-order valence-corrected chi connectivity index (χ2v) is 10.4. The minimum atomic E-state index is -0.302. The Labute approximate surface area is 260 Å². The van der Waals surface area contributed by atoms with Crippen molar-refractivity contribution in [1.82, 2.24) is 9.78 Å². The van der Waals surface area contributed by atoms with Crippen LogP contribution in [0.4, 0.5) is 10.1 Å². The van der Waals surface area contributed by atoms with Crippen LogP contribution in [0, 0.1) is 5.82 Å². The van der Waals surface area contributed by atoms with Gasteiger partial charge in [-0.1, -0.05) is 84.9 Å². The molecule has 7 rings (SSSR count). The molecule has 6 nitrogen and oxygen atoms in total. The minimum Gasteiger partial charge on any atom is -0.489 e. The van der Waals surface area contributed by atoms with Gasteiger partial charge in [-0.05, 0) is 60.7 Å². The van der Waals surface area contributed by atoms with E-state index in [1.54, 1.807) is 22.9 Å². The van der Waals surface area contributed by atoms with E-state index in [2.05, 4.69) is 0 Å². The highest BCUT2D eigenvalue weighted by atomic mass is 19.1. The summed E-state index contributed by atoms with van der Waals surface area (Å²) in [5, 5.41) is 11.2. The van der Waals surface area contributed by atoms with Gasteiger partial charge in [0.2, 0.25) is 0 Å². The molecule has 6 aromatic rings. The van der Waals surface area contributed by atoms with Gasteiger partial charge in [0.1, 0.15) is 23.9 Å². The van der Waals surface area contributed by atoms with Gasteiger partial charge in [0.25, 0.3) is 5.91 Å². The molecule has 0 spiro atoms. The van der Waals surface area contributed by atoms with Gasteiger partial charge < -0.3 is 4.74 Å². The van der Waals surface area contributed by atoms with Gasteiger partial charge in [0.15, 0.2) is 0 Å². The number of para-hydroxylation sites is 2. The SMILES string of the molecule is O=C1C(=Cc2cn(-c3ccccc3)nc2-c2ccc(OCc3ccccc3F)cc2)C(c2ccccc2)=NN1c1ccccc1. The van der Waals surface area contributed by atoms with Crippen molar-refractivity contribution >= 4 is 23.4 Å². The van der Waals surface area contributed by atoms with Crippen molar-refractivity contribution in [3.8, 4) is 22.7 Å². The maximum absolute atomic E-state index is 14.1. The van der Waals surface area contributed by atoms with Crippen molar-refractivity contribution in [2.45, 2.75) is 6.61 Å². The molecular weight excluding hydrogens is 563 g/mol. The van der Waals surface area contributed by atoms with Crippen molar-refractivity contribution in [2.24, 2.45) is 5.10 Å². The average molecular weight is 591 g/mol. The molecule has 0 bridgehead atoms. The molecule has 0 atom stereocenters. The van der Waals surface area contributed by atoms with Gasteiger partial charge in [0.05, 0.1) is 22.6 Å². The number of carbonyl (C=O) groups excluding carboxylic acids is 1. The molecule has 0 aliphatic carbocycles. The van der Waals surface area contributed by atoms with Crippen molar-refractivity contribution in [2.75, 3.05) is 5.01 Å². The summed E-state index contributed by atoms with van der Waals surface area (Å²) in [6.45, 7) is 0.119. The number of amides is 1. The average Bonchev–Trinajstić information content (AvgIpc) is 3.67. The molecule has 1 aliphatic rings. The Hall–Kier alpha value is -6.08. The van der Waals surface area contributed by atoms with Crippen molar-refractivity contribution in [3.63, 3.8) is 0 Å². The molecule has 0 saturated heterocycles. The Kier molecular flexibility index (Phi) is 7.56. The summed E-state index contributed by atoms with van der Waals surface area (Å²) in [6.07, 6.45) is 3.78. The first-order chi connectivity index (χ1) is 22.1. The van der Waals surface area contributed by atoms with E-state index < -0.39 is 0 Å². The number of halogens is 1. The maximum Gasteiger partial charge on any atom is 0.281 e. The lowest BCUT2D eigenvalue weighted by Gasteiger charge is -2.11. The van der Waals surface area contributed by atoms with Crippen molar-refractivity contribution < 1.29 is 13.9 Å². The zero-order valence-electron chi connectivity index (χ0n) is 24.1. The fourth-order valence-electron chi connectivity index (χ4n) is 5.17. The summed E-state index contributed by atoms with van der Waals surface area (Å²) in [6, 6.07) is 43.0. The fraction of sp³-hybridized carbons (Fsp3) is 0.0263. The normalized spacial score (nSPS) is 13.7. The Bertz CT molecular complexity index is 2020. The quantitative estimate of drug-likeness (QED) is 0.168. The molecule has 7 heteroatoms. The van der Waals surface area contributed by atoms with Gasteiger partial charge in [-0.3, -0.25) is 4.79 Å². The molecule has 1 aromatic heterocycles. The second-order valence-electron chi connectivity index (χ2n) is 10.4. The first-order valence-corrected chi connectivity index (χ1v) is 14.5. The van der Waals surface area contributed by atoms with Gasteiger partial charge in [-0.15, -0.1) is 0 Å². The van der Waals surface area contributed by atoms with E-state index in [4.69, 9.17) is 14.9 Å². The summed E-state index contributed by atoms with van der Waals surface area (Å²) in [5.74, 6) is 0.0756. The van der Waals surface area contributed by atoms with Crippen LogP contribution in [0.1, 0.15) is 16.7 Å². The molecule has 218 valence electrons. The Balaban J connectivity index is 1.28. The number of rotatable bonds is 8. The van der Waals surface area contributed by atoms with E-state index in [9.17, 15) is 9.18 Å². The summed E-state index contributed by atoms with van der Waals surface area (Å²) < 4.78 is 21.8. The summed E-state index contributed by atoms with van der Waals surface area (Å²) >= 11 is 0. The number of ether oxygens (including phenoxy) is 1. The molecule has 0 saturated carbocycles. The predicted octanol–water partition coefficient (Wildman–Crippen LogP) is 8.09. The predicted molar refractivity (Wildman–Crippen MR) is 175 cm³/mol. The third kappa shape index (κ3) is 5.79. The maximum atomic E-state index is 14.1. The number of anilines is 1. The Morgan fingerprint density at radius 1 is 0.689 bits per heavy atom. The van der Waals surface area contributed by atoms with E-state index in [0.717, 1.165) is 22.4 Å². The van der Waals surface area contributed by atoms with Gasteiger partial charge >= 0.3 is 0 Å². The first-order valence-electron chi connectivity index (χ1n) is 14.5. The monoisotopic (exact) mass is 590 g/mol. The molecule has 0 N–H and O–H groups in total. The number of aromatic nitrogens is 2. The molecule has 5 aromatic carbocycles. The largest absolute Gasteiger partial charge is 0.489 e. The minimum absolute atomic E-state index is 0.119. The standard InChI is InChI=1S/C38H27FN4O2/c39-35-19-11-10-14-29(35)26-45-33-22-20-28(21-23-33)36-30(25-42(40-36)31-15-6-2-7-16-31)24-34-37(27-12-4-1-5-13-27)41-43(38(34)44)32-17-8-3-9-18-32/h1-25H,26H2.